The van der Waals surface area contributed by atoms with Gasteiger partial charge in [0.2, 0.25) is 6.79 Å². The van der Waals surface area contributed by atoms with Gasteiger partial charge in [-0.25, -0.2) is 4.79 Å². The Kier molecular flexibility index (Phi) is 4.46. The van der Waals surface area contributed by atoms with E-state index < -0.39 is 11.8 Å². The van der Waals surface area contributed by atoms with Crippen molar-refractivity contribution in [3.05, 3.63) is 94.5 Å². The summed E-state index contributed by atoms with van der Waals surface area (Å²) in [7, 11) is 0. The largest absolute Gasteiger partial charge is 0.461 e. The minimum atomic E-state index is -1.85. The maximum absolute atomic E-state index is 12.7. The smallest absolute Gasteiger partial charge is 0.345 e. The second-order valence-electron chi connectivity index (χ2n) is 6.51. The highest BCUT2D eigenvalue weighted by atomic mass is 16.7. The molecular weight excluding hydrogens is 344 g/mol. The molecule has 0 radical (unpaired) electrons. The Morgan fingerprint density at radius 3 is 2.41 bits per heavy atom. The van der Waals surface area contributed by atoms with E-state index in [1.54, 1.807) is 12.1 Å². The number of carbonyl (C=O) groups is 1. The van der Waals surface area contributed by atoms with Crippen molar-refractivity contribution >= 4 is 5.97 Å². The van der Waals surface area contributed by atoms with E-state index in [0.717, 1.165) is 17.5 Å². The molecule has 4 rings (SSSR count). The summed E-state index contributed by atoms with van der Waals surface area (Å²) < 4.78 is 16.0. The lowest BCUT2D eigenvalue weighted by atomic mass is 9.89. The number of aliphatic hydroxyl groups is 1. The molecule has 1 unspecified atom stereocenters. The number of esters is 1. The second-order valence-corrected chi connectivity index (χ2v) is 6.51. The molecule has 0 aliphatic carbocycles. The Morgan fingerprint density at radius 2 is 1.78 bits per heavy atom. The van der Waals surface area contributed by atoms with Crippen LogP contribution in [0.5, 0.6) is 0 Å². The van der Waals surface area contributed by atoms with Crippen LogP contribution < -0.4 is 0 Å². The zero-order valence-corrected chi connectivity index (χ0v) is 15.0. The van der Waals surface area contributed by atoms with Crippen LogP contribution >= 0.6 is 0 Å². The lowest BCUT2D eigenvalue weighted by molar-refractivity contribution is -0.186. The van der Waals surface area contributed by atoms with E-state index in [-0.39, 0.29) is 18.1 Å². The molecule has 0 fully saturated rings. The van der Waals surface area contributed by atoms with Crippen LogP contribution in [-0.2, 0) is 37.6 Å². The van der Waals surface area contributed by atoms with Crippen LogP contribution in [0.2, 0.25) is 0 Å². The SMILES string of the molecule is CCc1ccc(C2(O)OC(=O)C(C3=COCO3)=C2Cc2ccccc2)cc1. The Morgan fingerprint density at radius 1 is 1.04 bits per heavy atom. The van der Waals surface area contributed by atoms with E-state index in [1.165, 1.54) is 6.26 Å². The van der Waals surface area contributed by atoms with E-state index in [9.17, 15) is 9.90 Å². The van der Waals surface area contributed by atoms with Crippen molar-refractivity contribution in [3.8, 4) is 0 Å². The zero-order chi connectivity index (χ0) is 18.9. The molecule has 0 spiro atoms. The number of aryl methyl sites for hydroxylation is 1. The molecule has 1 atom stereocenters. The summed E-state index contributed by atoms with van der Waals surface area (Å²) >= 11 is 0. The van der Waals surface area contributed by atoms with Crippen LogP contribution in [-0.4, -0.2) is 17.9 Å². The molecule has 2 heterocycles. The van der Waals surface area contributed by atoms with Gasteiger partial charge in [-0.2, -0.15) is 0 Å². The third-order valence-corrected chi connectivity index (χ3v) is 4.85. The van der Waals surface area contributed by atoms with Crippen molar-refractivity contribution in [2.45, 2.75) is 25.6 Å². The Bertz CT molecular complexity index is 911. The Balaban J connectivity index is 1.83. The quantitative estimate of drug-likeness (QED) is 0.825. The number of cyclic esters (lactones) is 1. The van der Waals surface area contributed by atoms with Crippen LogP contribution in [0.1, 0.15) is 23.6 Å². The first kappa shape index (κ1) is 17.4. The molecule has 5 heteroatoms. The summed E-state index contributed by atoms with van der Waals surface area (Å²) in [6.07, 6.45) is 2.61. The molecule has 0 amide bonds. The van der Waals surface area contributed by atoms with Gasteiger partial charge < -0.3 is 19.3 Å². The van der Waals surface area contributed by atoms with E-state index in [1.807, 2.05) is 42.5 Å². The number of ether oxygens (including phenoxy) is 3. The van der Waals surface area contributed by atoms with Crippen molar-refractivity contribution in [2.24, 2.45) is 0 Å². The van der Waals surface area contributed by atoms with Gasteiger partial charge in [-0.3, -0.25) is 0 Å². The van der Waals surface area contributed by atoms with Gasteiger partial charge in [-0.05, 0) is 17.5 Å². The summed E-state index contributed by atoms with van der Waals surface area (Å²) in [5, 5.41) is 11.4. The first-order valence-electron chi connectivity index (χ1n) is 8.89. The van der Waals surface area contributed by atoms with Gasteiger partial charge in [0, 0.05) is 17.6 Å². The number of carbonyl (C=O) groups excluding carboxylic acids is 1. The number of hydrogen-bond donors (Lipinski definition) is 1. The Labute approximate surface area is 157 Å². The van der Waals surface area contributed by atoms with Crippen molar-refractivity contribution in [2.75, 3.05) is 6.79 Å². The van der Waals surface area contributed by atoms with Crippen LogP contribution in [0, 0.1) is 0 Å². The fraction of sp³-hybridized carbons (Fsp3) is 0.227. The molecule has 0 saturated carbocycles. The third-order valence-electron chi connectivity index (χ3n) is 4.85. The molecule has 1 N–H and O–H groups in total. The zero-order valence-electron chi connectivity index (χ0n) is 15.0. The van der Waals surface area contributed by atoms with Crippen LogP contribution in [0.3, 0.4) is 0 Å². The van der Waals surface area contributed by atoms with Crippen LogP contribution in [0.4, 0.5) is 0 Å². The highest BCUT2D eigenvalue weighted by Gasteiger charge is 2.49. The van der Waals surface area contributed by atoms with Crippen molar-refractivity contribution < 1.29 is 24.1 Å². The van der Waals surface area contributed by atoms with Gasteiger partial charge in [0.15, 0.2) is 5.76 Å². The van der Waals surface area contributed by atoms with Crippen molar-refractivity contribution in [1.29, 1.82) is 0 Å². The maximum atomic E-state index is 12.7. The van der Waals surface area contributed by atoms with Gasteiger partial charge in [0.1, 0.15) is 11.8 Å². The molecule has 0 aromatic heterocycles. The van der Waals surface area contributed by atoms with E-state index >= 15 is 0 Å². The van der Waals surface area contributed by atoms with Gasteiger partial charge in [0.05, 0.1) is 0 Å². The van der Waals surface area contributed by atoms with Gasteiger partial charge in [0.25, 0.3) is 5.79 Å². The first-order valence-corrected chi connectivity index (χ1v) is 8.89. The van der Waals surface area contributed by atoms with Gasteiger partial charge in [-0.1, -0.05) is 61.5 Å². The topological polar surface area (TPSA) is 65.0 Å². The van der Waals surface area contributed by atoms with Crippen molar-refractivity contribution in [1.82, 2.24) is 0 Å². The standard InChI is InChI=1S/C22H20O5/c1-2-15-8-10-17(11-9-15)22(24)18(12-16-6-4-3-5-7-16)20(21(23)27-22)19-13-25-14-26-19/h3-11,13,24H,2,12,14H2,1H3. The minimum Gasteiger partial charge on any atom is -0.461 e. The highest BCUT2D eigenvalue weighted by molar-refractivity contribution is 5.97. The molecule has 2 aromatic carbocycles. The van der Waals surface area contributed by atoms with E-state index in [4.69, 9.17) is 14.2 Å². The van der Waals surface area contributed by atoms with Crippen LogP contribution in [0.25, 0.3) is 0 Å². The maximum Gasteiger partial charge on any atom is 0.345 e. The lowest BCUT2D eigenvalue weighted by Crippen LogP contribution is -2.29. The molecular formula is C22H20O5. The first-order chi connectivity index (χ1) is 13.1. The molecule has 2 aliphatic rings. The normalized spacial score (nSPS) is 21.6. The van der Waals surface area contributed by atoms with E-state index in [0.29, 0.717) is 17.6 Å². The van der Waals surface area contributed by atoms with Gasteiger partial charge in [-0.15, -0.1) is 0 Å². The molecule has 2 aromatic rings. The highest BCUT2D eigenvalue weighted by Crippen LogP contribution is 2.44. The summed E-state index contributed by atoms with van der Waals surface area (Å²) in [4.78, 5) is 12.7. The molecule has 2 aliphatic heterocycles. The molecule has 0 saturated heterocycles. The second kappa shape index (κ2) is 6.93. The molecule has 138 valence electrons. The van der Waals surface area contributed by atoms with E-state index in [2.05, 4.69) is 6.92 Å². The predicted molar refractivity (Wildman–Crippen MR) is 98.1 cm³/mol. The summed E-state index contributed by atoms with van der Waals surface area (Å²) in [5.74, 6) is -2.19. The number of rotatable bonds is 5. The minimum absolute atomic E-state index is 0.0361. The predicted octanol–water partition coefficient (Wildman–Crippen LogP) is 3.34. The fourth-order valence-corrected chi connectivity index (χ4v) is 3.37. The lowest BCUT2D eigenvalue weighted by Gasteiger charge is -2.26. The average Bonchev–Trinajstić information content (AvgIpc) is 3.30. The molecule has 27 heavy (non-hydrogen) atoms. The molecule has 5 nitrogen and oxygen atoms in total. The fourth-order valence-electron chi connectivity index (χ4n) is 3.37. The Hall–Kier alpha value is -3.05. The van der Waals surface area contributed by atoms with Crippen LogP contribution in [0.15, 0.2) is 77.8 Å². The number of hydrogen-bond acceptors (Lipinski definition) is 5. The third kappa shape index (κ3) is 3.11. The summed E-state index contributed by atoms with van der Waals surface area (Å²) in [6, 6.07) is 17.1. The van der Waals surface area contributed by atoms with Gasteiger partial charge >= 0.3 is 5.97 Å². The van der Waals surface area contributed by atoms with Crippen molar-refractivity contribution in [3.63, 3.8) is 0 Å². The number of benzene rings is 2. The monoisotopic (exact) mass is 364 g/mol. The molecule has 0 bridgehead atoms. The average molecular weight is 364 g/mol. The summed E-state index contributed by atoms with van der Waals surface area (Å²) in [6.45, 7) is 2.09. The summed E-state index contributed by atoms with van der Waals surface area (Å²) in [5.41, 5.74) is 3.26.